The Kier molecular flexibility index (Phi) is 5.74. The maximum absolute atomic E-state index is 12.4. The number of hydrogen-bond donors (Lipinski definition) is 2. The summed E-state index contributed by atoms with van der Waals surface area (Å²) in [7, 11) is 3.24. The molecule has 2 aromatic rings. The maximum Gasteiger partial charge on any atom is 0.251 e. The number of nitrogens with one attached hydrogen (secondary N) is 1. The number of carbonyl (C=O) groups excluding carboxylic acids is 1. The quantitative estimate of drug-likeness (QED) is 0.813. The van der Waals surface area contributed by atoms with Gasteiger partial charge in [-0.05, 0) is 54.7 Å². The Labute approximate surface area is 171 Å². The summed E-state index contributed by atoms with van der Waals surface area (Å²) in [5.41, 5.74) is 2.73. The standard InChI is InChI=1S/C23H28N2O4/c1-28-20-13-16-12-19(22(26)18(16)14-21(20)29-2)25-10-8-17(9-11-25)24-23(27)15-6-4-3-5-7-15/h3-7,13-14,17,19,22,26H,8-12H2,1-2H3,(H,24,27)/t19-,22-/m1/s1. The molecule has 2 aromatic carbocycles. The molecule has 6 heteroatoms. The maximum atomic E-state index is 12.4. The number of amides is 1. The lowest BCUT2D eigenvalue weighted by Crippen LogP contribution is -2.49. The molecule has 1 aliphatic heterocycles. The number of piperidine rings is 1. The highest BCUT2D eigenvalue weighted by molar-refractivity contribution is 5.94. The van der Waals surface area contributed by atoms with Gasteiger partial charge in [0.1, 0.15) is 0 Å². The number of fused-ring (bicyclic) bond motifs is 1. The zero-order valence-electron chi connectivity index (χ0n) is 16.9. The SMILES string of the molecule is COc1cc2c(cc1OC)[C@@H](O)[C@H](N1CCC(NC(=O)c3ccccc3)CC1)C2. The summed E-state index contributed by atoms with van der Waals surface area (Å²) in [6, 6.07) is 13.4. The van der Waals surface area contributed by atoms with Gasteiger partial charge in [0.2, 0.25) is 0 Å². The van der Waals surface area contributed by atoms with Crippen LogP contribution in [0.2, 0.25) is 0 Å². The second-order valence-electron chi connectivity index (χ2n) is 7.77. The molecule has 0 bridgehead atoms. The Bertz CT molecular complexity index is 863. The topological polar surface area (TPSA) is 71.0 Å². The number of carbonyl (C=O) groups is 1. The van der Waals surface area contributed by atoms with Crippen LogP contribution in [0.15, 0.2) is 42.5 Å². The van der Waals surface area contributed by atoms with E-state index in [1.807, 2.05) is 42.5 Å². The van der Waals surface area contributed by atoms with Gasteiger partial charge in [-0.3, -0.25) is 9.69 Å². The highest BCUT2D eigenvalue weighted by Gasteiger charge is 2.37. The molecule has 1 aliphatic carbocycles. The first-order valence-corrected chi connectivity index (χ1v) is 10.1. The van der Waals surface area contributed by atoms with Gasteiger partial charge in [-0.15, -0.1) is 0 Å². The van der Waals surface area contributed by atoms with Crippen LogP contribution in [-0.2, 0) is 6.42 Å². The van der Waals surface area contributed by atoms with Crippen molar-refractivity contribution in [2.24, 2.45) is 0 Å². The van der Waals surface area contributed by atoms with Gasteiger partial charge in [0, 0.05) is 30.7 Å². The van der Waals surface area contributed by atoms with Crippen molar-refractivity contribution in [2.75, 3.05) is 27.3 Å². The van der Waals surface area contributed by atoms with E-state index in [1.54, 1.807) is 14.2 Å². The highest BCUT2D eigenvalue weighted by Crippen LogP contribution is 2.41. The summed E-state index contributed by atoms with van der Waals surface area (Å²) < 4.78 is 10.8. The number of nitrogens with zero attached hydrogens (tertiary/aromatic N) is 1. The van der Waals surface area contributed by atoms with E-state index in [2.05, 4.69) is 10.2 Å². The highest BCUT2D eigenvalue weighted by atomic mass is 16.5. The van der Waals surface area contributed by atoms with Crippen molar-refractivity contribution in [2.45, 2.75) is 37.5 Å². The molecule has 0 aromatic heterocycles. The second-order valence-corrected chi connectivity index (χ2v) is 7.77. The van der Waals surface area contributed by atoms with Gasteiger partial charge in [0.05, 0.1) is 20.3 Å². The second kappa shape index (κ2) is 8.43. The lowest BCUT2D eigenvalue weighted by atomic mass is 10.0. The molecule has 2 atom stereocenters. The van der Waals surface area contributed by atoms with E-state index in [4.69, 9.17) is 9.47 Å². The van der Waals surface area contributed by atoms with Gasteiger partial charge in [0.25, 0.3) is 5.91 Å². The molecule has 154 valence electrons. The Morgan fingerprint density at radius 2 is 1.72 bits per heavy atom. The molecule has 2 aliphatic rings. The predicted octanol–water partition coefficient (Wildman–Crippen LogP) is 2.56. The predicted molar refractivity (Wildman–Crippen MR) is 111 cm³/mol. The van der Waals surface area contributed by atoms with Crippen LogP contribution in [0.5, 0.6) is 11.5 Å². The summed E-state index contributed by atoms with van der Waals surface area (Å²) in [6.45, 7) is 1.70. The van der Waals surface area contributed by atoms with Crippen molar-refractivity contribution in [1.82, 2.24) is 10.2 Å². The van der Waals surface area contributed by atoms with Crippen molar-refractivity contribution in [1.29, 1.82) is 0 Å². The lowest BCUT2D eigenvalue weighted by Gasteiger charge is -2.37. The van der Waals surface area contributed by atoms with E-state index in [9.17, 15) is 9.90 Å². The number of hydrogen-bond acceptors (Lipinski definition) is 5. The molecule has 0 radical (unpaired) electrons. The Morgan fingerprint density at radius 1 is 1.07 bits per heavy atom. The monoisotopic (exact) mass is 396 g/mol. The average molecular weight is 396 g/mol. The third-order valence-electron chi connectivity index (χ3n) is 6.13. The fourth-order valence-electron chi connectivity index (χ4n) is 4.50. The van der Waals surface area contributed by atoms with Crippen molar-refractivity contribution in [3.05, 3.63) is 59.2 Å². The van der Waals surface area contributed by atoms with Crippen molar-refractivity contribution in [3.8, 4) is 11.5 Å². The Morgan fingerprint density at radius 3 is 2.38 bits per heavy atom. The van der Waals surface area contributed by atoms with Crippen LogP contribution in [0.4, 0.5) is 0 Å². The largest absolute Gasteiger partial charge is 0.493 e. The van der Waals surface area contributed by atoms with Crippen LogP contribution in [0, 0.1) is 0 Å². The number of benzene rings is 2. The molecule has 4 rings (SSSR count). The smallest absolute Gasteiger partial charge is 0.251 e. The van der Waals surface area contributed by atoms with E-state index >= 15 is 0 Å². The molecule has 1 heterocycles. The Balaban J connectivity index is 1.37. The van der Waals surface area contributed by atoms with E-state index < -0.39 is 6.10 Å². The number of ether oxygens (including phenoxy) is 2. The van der Waals surface area contributed by atoms with Gasteiger partial charge < -0.3 is 19.9 Å². The van der Waals surface area contributed by atoms with Crippen LogP contribution in [0.3, 0.4) is 0 Å². The number of likely N-dealkylation sites (tertiary alicyclic amines) is 1. The number of aliphatic hydroxyl groups excluding tert-OH is 1. The normalized spacial score (nSPS) is 22.2. The van der Waals surface area contributed by atoms with Gasteiger partial charge in [0.15, 0.2) is 11.5 Å². The van der Waals surface area contributed by atoms with Crippen LogP contribution in [-0.4, -0.2) is 55.3 Å². The number of methoxy groups -OCH3 is 2. The molecule has 1 amide bonds. The summed E-state index contributed by atoms with van der Waals surface area (Å²) in [4.78, 5) is 14.7. The molecule has 29 heavy (non-hydrogen) atoms. The van der Waals surface area contributed by atoms with Crippen LogP contribution in [0.25, 0.3) is 0 Å². The minimum absolute atomic E-state index is 0.0171. The zero-order valence-corrected chi connectivity index (χ0v) is 16.9. The van der Waals surface area contributed by atoms with Gasteiger partial charge in [-0.2, -0.15) is 0 Å². The minimum Gasteiger partial charge on any atom is -0.493 e. The summed E-state index contributed by atoms with van der Waals surface area (Å²) in [6.07, 6.45) is 2.01. The van der Waals surface area contributed by atoms with Crippen molar-refractivity contribution >= 4 is 5.91 Å². The van der Waals surface area contributed by atoms with E-state index in [0.29, 0.717) is 17.1 Å². The zero-order chi connectivity index (χ0) is 20.4. The molecule has 1 saturated heterocycles. The lowest BCUT2D eigenvalue weighted by molar-refractivity contribution is 0.0427. The first-order valence-electron chi connectivity index (χ1n) is 10.1. The molecule has 6 nitrogen and oxygen atoms in total. The fourth-order valence-corrected chi connectivity index (χ4v) is 4.50. The van der Waals surface area contributed by atoms with Crippen LogP contribution >= 0.6 is 0 Å². The van der Waals surface area contributed by atoms with Crippen LogP contribution in [0.1, 0.15) is 40.4 Å². The summed E-state index contributed by atoms with van der Waals surface area (Å²) in [5.74, 6) is 1.33. The van der Waals surface area contributed by atoms with Crippen molar-refractivity contribution in [3.63, 3.8) is 0 Å². The summed E-state index contributed by atoms with van der Waals surface area (Å²) >= 11 is 0. The molecular formula is C23H28N2O4. The van der Waals surface area contributed by atoms with E-state index in [1.165, 1.54) is 0 Å². The first kappa shape index (κ1) is 19.7. The minimum atomic E-state index is -0.541. The molecule has 2 N–H and O–H groups in total. The molecule has 0 unspecified atom stereocenters. The van der Waals surface area contributed by atoms with Gasteiger partial charge in [-0.25, -0.2) is 0 Å². The van der Waals surface area contributed by atoms with E-state index in [0.717, 1.165) is 43.5 Å². The molecule has 0 saturated carbocycles. The molecule has 1 fully saturated rings. The van der Waals surface area contributed by atoms with E-state index in [-0.39, 0.29) is 18.0 Å². The van der Waals surface area contributed by atoms with Gasteiger partial charge in [-0.1, -0.05) is 18.2 Å². The summed E-state index contributed by atoms with van der Waals surface area (Å²) in [5, 5.41) is 14.1. The number of aliphatic hydroxyl groups is 1. The number of rotatable bonds is 5. The van der Waals surface area contributed by atoms with Gasteiger partial charge >= 0.3 is 0 Å². The third-order valence-corrected chi connectivity index (χ3v) is 6.13. The Hall–Kier alpha value is -2.57. The molecule has 0 spiro atoms. The average Bonchev–Trinajstić information content (AvgIpc) is 3.09. The molecular weight excluding hydrogens is 368 g/mol. The van der Waals surface area contributed by atoms with Crippen molar-refractivity contribution < 1.29 is 19.4 Å². The first-order chi connectivity index (χ1) is 14.1. The fraction of sp³-hybridized carbons (Fsp3) is 0.435. The van der Waals surface area contributed by atoms with Crippen LogP contribution < -0.4 is 14.8 Å². The third kappa shape index (κ3) is 3.95.